The summed E-state index contributed by atoms with van der Waals surface area (Å²) in [6.45, 7) is 2.63. The van der Waals surface area contributed by atoms with Crippen LogP contribution in [0.4, 0.5) is 0 Å². The Labute approximate surface area is 181 Å². The summed E-state index contributed by atoms with van der Waals surface area (Å²) < 4.78 is 3.78. The number of fused-ring (bicyclic) bond motifs is 1. The van der Waals surface area contributed by atoms with E-state index in [1.807, 2.05) is 11.6 Å². The second-order valence-electron chi connectivity index (χ2n) is 8.67. The zero-order chi connectivity index (χ0) is 21.5. The van der Waals surface area contributed by atoms with Gasteiger partial charge in [0.05, 0.1) is 22.4 Å². The molecule has 1 fully saturated rings. The van der Waals surface area contributed by atoms with Crippen molar-refractivity contribution in [2.75, 3.05) is 6.54 Å². The number of H-pyrrole nitrogens is 1. The highest BCUT2D eigenvalue weighted by Crippen LogP contribution is 2.35. The van der Waals surface area contributed by atoms with E-state index in [1.54, 1.807) is 4.57 Å². The number of nitrogens with two attached hydrogens (primary N) is 1. The molecule has 0 aliphatic heterocycles. The van der Waals surface area contributed by atoms with Gasteiger partial charge in [-0.2, -0.15) is 0 Å². The van der Waals surface area contributed by atoms with Gasteiger partial charge in [0.15, 0.2) is 0 Å². The minimum Gasteiger partial charge on any atom is -0.341 e. The molecule has 0 amide bonds. The van der Waals surface area contributed by atoms with E-state index in [9.17, 15) is 4.79 Å². The topological polar surface area (TPSA) is 81.6 Å². The largest absolute Gasteiger partial charge is 0.341 e. The second-order valence-corrected chi connectivity index (χ2v) is 8.67. The van der Waals surface area contributed by atoms with E-state index in [1.165, 1.54) is 18.4 Å². The molecule has 31 heavy (non-hydrogen) atoms. The van der Waals surface area contributed by atoms with Gasteiger partial charge in [-0.1, -0.05) is 42.7 Å². The molecule has 2 aromatic carbocycles. The number of nitrogens with one attached hydrogen (secondary N) is 1. The lowest BCUT2D eigenvalue weighted by Gasteiger charge is -2.11. The fraction of sp³-hybridized carbons (Fsp3) is 0.360. The molecule has 1 aliphatic carbocycles. The van der Waals surface area contributed by atoms with E-state index < -0.39 is 0 Å². The highest BCUT2D eigenvalue weighted by molar-refractivity contribution is 5.86. The average molecular weight is 416 g/mol. The molecule has 160 valence electrons. The highest BCUT2D eigenvalue weighted by Gasteiger charge is 2.23. The molecule has 0 saturated heterocycles. The van der Waals surface area contributed by atoms with Crippen LogP contribution in [0.2, 0.25) is 0 Å². The van der Waals surface area contributed by atoms with E-state index in [0.29, 0.717) is 19.0 Å². The van der Waals surface area contributed by atoms with E-state index in [4.69, 9.17) is 10.7 Å². The Hall–Kier alpha value is -3.12. The quantitative estimate of drug-likeness (QED) is 0.509. The number of aromatic amines is 1. The van der Waals surface area contributed by atoms with Crippen molar-refractivity contribution >= 4 is 11.0 Å². The molecule has 4 aromatic rings. The first kappa shape index (κ1) is 19.8. The SMILES string of the molecule is Cc1cccc(-c2nc(CCN)[nH]c2-c2ccc3c(c2)n(C)c(=O)n3C2CCCC2)c1. The summed E-state index contributed by atoms with van der Waals surface area (Å²) in [6, 6.07) is 15.0. The number of imidazole rings is 2. The van der Waals surface area contributed by atoms with Gasteiger partial charge < -0.3 is 10.7 Å². The van der Waals surface area contributed by atoms with Gasteiger partial charge >= 0.3 is 5.69 Å². The Balaban J connectivity index is 1.67. The molecule has 6 heteroatoms. The summed E-state index contributed by atoms with van der Waals surface area (Å²) in [4.78, 5) is 21.4. The van der Waals surface area contributed by atoms with Gasteiger partial charge in [0.2, 0.25) is 0 Å². The van der Waals surface area contributed by atoms with Crippen molar-refractivity contribution in [3.05, 3.63) is 64.3 Å². The lowest BCUT2D eigenvalue weighted by atomic mass is 10.0. The fourth-order valence-corrected chi connectivity index (χ4v) is 4.92. The number of nitrogens with zero attached hydrogens (tertiary/aromatic N) is 3. The molecule has 3 N–H and O–H groups in total. The molecule has 0 bridgehead atoms. The van der Waals surface area contributed by atoms with Crippen LogP contribution >= 0.6 is 0 Å². The summed E-state index contributed by atoms with van der Waals surface area (Å²) in [6.07, 6.45) is 5.26. The number of rotatable bonds is 5. The maximum Gasteiger partial charge on any atom is 0.329 e. The van der Waals surface area contributed by atoms with E-state index in [0.717, 1.165) is 52.2 Å². The highest BCUT2D eigenvalue weighted by atomic mass is 16.1. The molecular formula is C25H29N5O. The van der Waals surface area contributed by atoms with Gasteiger partial charge in [0.1, 0.15) is 5.82 Å². The van der Waals surface area contributed by atoms with Crippen molar-refractivity contribution in [3.8, 4) is 22.5 Å². The van der Waals surface area contributed by atoms with Crippen LogP contribution in [0.25, 0.3) is 33.5 Å². The number of hydrogen-bond acceptors (Lipinski definition) is 3. The van der Waals surface area contributed by atoms with Crippen molar-refractivity contribution in [1.82, 2.24) is 19.1 Å². The van der Waals surface area contributed by atoms with Crippen LogP contribution in [0.15, 0.2) is 47.3 Å². The molecule has 0 unspecified atom stereocenters. The Morgan fingerprint density at radius 1 is 1.10 bits per heavy atom. The van der Waals surface area contributed by atoms with Crippen LogP contribution in [0.5, 0.6) is 0 Å². The van der Waals surface area contributed by atoms with Crippen molar-refractivity contribution in [3.63, 3.8) is 0 Å². The summed E-state index contributed by atoms with van der Waals surface area (Å²) in [5, 5.41) is 0. The maximum absolute atomic E-state index is 13.0. The monoisotopic (exact) mass is 415 g/mol. The van der Waals surface area contributed by atoms with Crippen molar-refractivity contribution < 1.29 is 0 Å². The first-order chi connectivity index (χ1) is 15.1. The Kier molecular flexibility index (Phi) is 5.02. The third-order valence-electron chi connectivity index (χ3n) is 6.49. The van der Waals surface area contributed by atoms with Gasteiger partial charge in [-0.3, -0.25) is 9.13 Å². The lowest BCUT2D eigenvalue weighted by molar-refractivity contribution is 0.509. The van der Waals surface area contributed by atoms with Crippen LogP contribution in [0.3, 0.4) is 0 Å². The molecular weight excluding hydrogens is 386 g/mol. The van der Waals surface area contributed by atoms with Crippen LogP contribution < -0.4 is 11.4 Å². The van der Waals surface area contributed by atoms with Crippen molar-refractivity contribution in [1.29, 1.82) is 0 Å². The van der Waals surface area contributed by atoms with Crippen LogP contribution in [0, 0.1) is 6.92 Å². The normalized spacial score (nSPS) is 14.7. The molecule has 2 aromatic heterocycles. The van der Waals surface area contributed by atoms with Gasteiger partial charge in [-0.05, 0) is 44.5 Å². The van der Waals surface area contributed by atoms with Crippen LogP contribution in [0.1, 0.15) is 43.1 Å². The van der Waals surface area contributed by atoms with Crippen LogP contribution in [-0.4, -0.2) is 25.6 Å². The smallest absolute Gasteiger partial charge is 0.329 e. The first-order valence-electron chi connectivity index (χ1n) is 11.1. The van der Waals surface area contributed by atoms with Crippen molar-refractivity contribution in [2.45, 2.75) is 45.1 Å². The Bertz CT molecular complexity index is 1300. The number of hydrogen-bond donors (Lipinski definition) is 2. The maximum atomic E-state index is 13.0. The van der Waals surface area contributed by atoms with Gasteiger partial charge in [-0.25, -0.2) is 9.78 Å². The number of benzene rings is 2. The molecule has 2 heterocycles. The Morgan fingerprint density at radius 2 is 1.90 bits per heavy atom. The summed E-state index contributed by atoms with van der Waals surface area (Å²) in [5.41, 5.74) is 13.0. The molecule has 5 rings (SSSR count). The summed E-state index contributed by atoms with van der Waals surface area (Å²) in [5.74, 6) is 0.881. The van der Waals surface area contributed by atoms with Gasteiger partial charge in [-0.15, -0.1) is 0 Å². The summed E-state index contributed by atoms with van der Waals surface area (Å²) >= 11 is 0. The lowest BCUT2D eigenvalue weighted by Crippen LogP contribution is -2.24. The molecule has 1 saturated carbocycles. The van der Waals surface area contributed by atoms with E-state index in [2.05, 4.69) is 54.4 Å². The minimum atomic E-state index is 0.0754. The molecule has 0 radical (unpaired) electrons. The second kappa shape index (κ2) is 7.85. The van der Waals surface area contributed by atoms with Crippen molar-refractivity contribution in [2.24, 2.45) is 12.8 Å². The van der Waals surface area contributed by atoms with E-state index in [-0.39, 0.29) is 5.69 Å². The molecule has 6 nitrogen and oxygen atoms in total. The molecule has 0 spiro atoms. The predicted molar refractivity (Wildman–Crippen MR) is 125 cm³/mol. The average Bonchev–Trinajstić information content (AvgIpc) is 3.48. The third kappa shape index (κ3) is 3.41. The fourth-order valence-electron chi connectivity index (χ4n) is 4.92. The summed E-state index contributed by atoms with van der Waals surface area (Å²) in [7, 11) is 1.87. The third-order valence-corrected chi connectivity index (χ3v) is 6.49. The van der Waals surface area contributed by atoms with E-state index >= 15 is 0 Å². The van der Waals surface area contributed by atoms with Gasteiger partial charge in [0, 0.05) is 30.6 Å². The molecule has 0 atom stereocenters. The standard InChI is InChI=1S/C25H29N5O/c1-16-6-5-7-17(14-16)23-24(28-22(27-23)12-13-26)18-10-11-20-21(15-18)29(2)25(31)30(20)19-8-3-4-9-19/h5-7,10-11,14-15,19H,3-4,8-9,12-13,26H2,1-2H3,(H,27,28). The number of aryl methyl sites for hydroxylation is 2. The first-order valence-corrected chi connectivity index (χ1v) is 11.1. The minimum absolute atomic E-state index is 0.0754. The zero-order valence-electron chi connectivity index (χ0n) is 18.2. The van der Waals surface area contributed by atoms with Gasteiger partial charge in [0.25, 0.3) is 0 Å². The predicted octanol–water partition coefficient (Wildman–Crippen LogP) is 4.32. The van der Waals surface area contributed by atoms with Crippen LogP contribution in [-0.2, 0) is 13.5 Å². The Morgan fingerprint density at radius 3 is 2.65 bits per heavy atom. The number of aromatic nitrogens is 4. The molecule has 1 aliphatic rings. The zero-order valence-corrected chi connectivity index (χ0v) is 18.2.